The number of hydrogen-bond donors (Lipinski definition) is 0. The summed E-state index contributed by atoms with van der Waals surface area (Å²) in [5, 5.41) is 0. The average molecular weight is 456 g/mol. The molecule has 0 bridgehead atoms. The maximum absolute atomic E-state index is 5.85. The molecule has 0 atom stereocenters. The Balaban J connectivity index is 2.58. The summed E-state index contributed by atoms with van der Waals surface area (Å²) in [7, 11) is 0. The highest BCUT2D eigenvalue weighted by Crippen LogP contribution is 2.39. The largest absolute Gasteiger partial charge is 0.250 e. The summed E-state index contributed by atoms with van der Waals surface area (Å²) >= 11 is 35.1. The Morgan fingerprint density at radius 2 is 1.04 bits per heavy atom. The van der Waals surface area contributed by atoms with Gasteiger partial charge in [-0.2, -0.15) is 0 Å². The molecule has 0 saturated carbocycles. The zero-order valence-electron chi connectivity index (χ0n) is 13.5. The summed E-state index contributed by atoms with van der Waals surface area (Å²) < 4.78 is -3.58. The average Bonchev–Trinajstić information content (AvgIpc) is 2.48. The minimum Gasteiger partial charge on any atom is -0.213 e. The third kappa shape index (κ3) is 8.91. The first kappa shape index (κ1) is 22.8. The maximum Gasteiger partial charge on any atom is 0.250 e. The summed E-state index contributed by atoms with van der Waals surface area (Å²) in [5.41, 5.74) is 0. The molecule has 0 aliphatic heterocycles. The molecule has 0 radical (unpaired) electrons. The highest BCUT2D eigenvalue weighted by atomic mass is 35.6. The van der Waals surface area contributed by atoms with Gasteiger partial charge in [-0.3, -0.25) is 0 Å². The van der Waals surface area contributed by atoms with Crippen LogP contribution in [0.25, 0.3) is 0 Å². The van der Waals surface area contributed by atoms with E-state index in [2.05, 4.69) is 21.9 Å². The smallest absolute Gasteiger partial charge is 0.213 e. The number of unbranched alkanes of at least 4 members (excludes halogenated alkanes) is 7. The molecule has 3 nitrogen and oxygen atoms in total. The fraction of sp³-hybridized carbons (Fsp3) is 0.800. The van der Waals surface area contributed by atoms with E-state index >= 15 is 0 Å². The normalized spacial score (nSPS) is 12.6. The van der Waals surface area contributed by atoms with Crippen LogP contribution in [0.4, 0.5) is 0 Å². The summed E-state index contributed by atoms with van der Waals surface area (Å²) in [6, 6.07) is 0. The number of halogens is 6. The summed E-state index contributed by atoms with van der Waals surface area (Å²) in [4.78, 5) is 12.3. The van der Waals surface area contributed by atoms with Crippen molar-refractivity contribution in [2.24, 2.45) is 0 Å². The van der Waals surface area contributed by atoms with Gasteiger partial charge in [-0.15, -0.1) is 0 Å². The van der Waals surface area contributed by atoms with E-state index in [1.165, 1.54) is 38.5 Å². The van der Waals surface area contributed by atoms with Crippen LogP contribution in [0.2, 0.25) is 0 Å². The lowest BCUT2D eigenvalue weighted by Crippen LogP contribution is -2.18. The molecule has 0 unspecified atom stereocenters. The van der Waals surface area contributed by atoms with Crippen molar-refractivity contribution in [3.63, 3.8) is 0 Å². The second-order valence-electron chi connectivity index (χ2n) is 5.62. The van der Waals surface area contributed by atoms with Gasteiger partial charge in [0.15, 0.2) is 11.6 Å². The van der Waals surface area contributed by atoms with Gasteiger partial charge in [0.25, 0.3) is 0 Å². The monoisotopic (exact) mass is 453 g/mol. The molecule has 0 fully saturated rings. The van der Waals surface area contributed by atoms with Crippen LogP contribution in [-0.4, -0.2) is 15.0 Å². The van der Waals surface area contributed by atoms with Gasteiger partial charge in [-0.05, 0) is 6.42 Å². The standard InChI is InChI=1S/C15H21Cl6N3/c1-2-3-4-5-6-7-8-9-10-11-22-12(14(16,17)18)24-13(23-11)15(19,20)21/h2-10H2,1H3. The first-order valence-electron chi connectivity index (χ1n) is 8.04. The van der Waals surface area contributed by atoms with Gasteiger partial charge in [0, 0.05) is 6.42 Å². The highest BCUT2D eigenvalue weighted by Gasteiger charge is 2.33. The number of alkyl halides is 6. The van der Waals surface area contributed by atoms with Crippen molar-refractivity contribution in [2.45, 2.75) is 72.3 Å². The van der Waals surface area contributed by atoms with Crippen LogP contribution in [0.5, 0.6) is 0 Å². The van der Waals surface area contributed by atoms with Gasteiger partial charge in [-0.1, -0.05) is 121 Å². The lowest BCUT2D eigenvalue weighted by atomic mass is 10.1. The van der Waals surface area contributed by atoms with Crippen LogP contribution >= 0.6 is 69.6 Å². The fourth-order valence-corrected chi connectivity index (χ4v) is 2.71. The van der Waals surface area contributed by atoms with E-state index < -0.39 is 7.59 Å². The predicted octanol–water partition coefficient (Wildman–Crippen LogP) is 7.21. The van der Waals surface area contributed by atoms with E-state index in [9.17, 15) is 0 Å². The van der Waals surface area contributed by atoms with Gasteiger partial charge < -0.3 is 0 Å². The van der Waals surface area contributed by atoms with Crippen molar-refractivity contribution in [1.82, 2.24) is 15.0 Å². The van der Waals surface area contributed by atoms with E-state index in [0.717, 1.165) is 12.8 Å². The quantitative estimate of drug-likeness (QED) is 0.291. The SMILES string of the molecule is CCCCCCCCCCc1nc(C(Cl)(Cl)Cl)nc(C(Cl)(Cl)Cl)n1. The summed E-state index contributed by atoms with van der Waals surface area (Å²) in [6.45, 7) is 2.21. The fourth-order valence-electron chi connectivity index (χ4n) is 2.20. The highest BCUT2D eigenvalue weighted by molar-refractivity contribution is 6.67. The molecule has 0 N–H and O–H groups in total. The first-order valence-corrected chi connectivity index (χ1v) is 10.3. The molecule has 1 aromatic heterocycles. The minimum atomic E-state index is -1.79. The molecule has 24 heavy (non-hydrogen) atoms. The molecule has 0 spiro atoms. The van der Waals surface area contributed by atoms with Crippen molar-refractivity contribution in [1.29, 1.82) is 0 Å². The predicted molar refractivity (Wildman–Crippen MR) is 105 cm³/mol. The molecule has 0 saturated heterocycles. The third-order valence-electron chi connectivity index (χ3n) is 3.44. The Labute approximate surface area is 173 Å². The zero-order chi connectivity index (χ0) is 18.2. The van der Waals surface area contributed by atoms with E-state index in [0.29, 0.717) is 12.2 Å². The number of rotatable bonds is 9. The lowest BCUT2D eigenvalue weighted by molar-refractivity contribution is 0.570. The second kappa shape index (κ2) is 10.8. The topological polar surface area (TPSA) is 38.7 Å². The minimum absolute atomic E-state index is 0.0293. The van der Waals surface area contributed by atoms with Gasteiger partial charge in [0.2, 0.25) is 7.59 Å². The Morgan fingerprint density at radius 3 is 1.46 bits per heavy atom. The molecule has 138 valence electrons. The Morgan fingerprint density at radius 1 is 0.625 bits per heavy atom. The zero-order valence-corrected chi connectivity index (χ0v) is 18.0. The second-order valence-corrected chi connectivity index (χ2v) is 10.2. The van der Waals surface area contributed by atoms with Gasteiger partial charge in [0.1, 0.15) is 5.82 Å². The Hall–Kier alpha value is 0.750. The number of nitrogens with zero attached hydrogens (tertiary/aromatic N) is 3. The molecule has 1 heterocycles. The molecular weight excluding hydrogens is 435 g/mol. The van der Waals surface area contributed by atoms with Crippen molar-refractivity contribution in [3.05, 3.63) is 17.5 Å². The molecule has 1 rings (SSSR count). The van der Waals surface area contributed by atoms with Gasteiger partial charge in [0.05, 0.1) is 0 Å². The third-order valence-corrected chi connectivity index (χ3v) is 4.46. The lowest BCUT2D eigenvalue weighted by Gasteiger charge is -2.15. The molecule has 1 aromatic rings. The Bertz CT molecular complexity index is 467. The van der Waals surface area contributed by atoms with E-state index in [1.807, 2.05) is 0 Å². The van der Waals surface area contributed by atoms with E-state index in [1.54, 1.807) is 0 Å². The van der Waals surface area contributed by atoms with Crippen LogP contribution in [0.3, 0.4) is 0 Å². The van der Waals surface area contributed by atoms with Crippen molar-refractivity contribution in [2.75, 3.05) is 0 Å². The summed E-state index contributed by atoms with van der Waals surface area (Å²) in [6.07, 6.45) is 10.2. The first-order chi connectivity index (χ1) is 11.1. The van der Waals surface area contributed by atoms with Gasteiger partial charge in [-0.25, -0.2) is 15.0 Å². The summed E-state index contributed by atoms with van der Waals surface area (Å²) in [5.74, 6) is 0.412. The number of aromatic nitrogens is 3. The maximum atomic E-state index is 5.85. The van der Waals surface area contributed by atoms with Crippen LogP contribution in [-0.2, 0) is 14.0 Å². The van der Waals surface area contributed by atoms with Crippen LogP contribution in [0.1, 0.15) is 75.8 Å². The number of hydrogen-bond acceptors (Lipinski definition) is 3. The Kier molecular flexibility index (Phi) is 10.2. The van der Waals surface area contributed by atoms with Crippen molar-refractivity contribution in [3.8, 4) is 0 Å². The molecule has 0 aromatic carbocycles. The van der Waals surface area contributed by atoms with Crippen molar-refractivity contribution < 1.29 is 0 Å². The molecule has 0 amide bonds. The van der Waals surface area contributed by atoms with Crippen molar-refractivity contribution >= 4 is 69.6 Å². The van der Waals surface area contributed by atoms with Gasteiger partial charge >= 0.3 is 0 Å². The molecular formula is C15H21Cl6N3. The van der Waals surface area contributed by atoms with E-state index in [4.69, 9.17) is 69.6 Å². The van der Waals surface area contributed by atoms with Crippen LogP contribution < -0.4 is 0 Å². The molecule has 0 aliphatic carbocycles. The molecule has 9 heteroatoms. The number of aryl methyl sites for hydroxylation is 1. The van der Waals surface area contributed by atoms with Crippen LogP contribution in [0, 0.1) is 0 Å². The molecule has 0 aliphatic rings. The van der Waals surface area contributed by atoms with E-state index in [-0.39, 0.29) is 11.6 Å². The van der Waals surface area contributed by atoms with Crippen LogP contribution in [0.15, 0.2) is 0 Å².